The first kappa shape index (κ1) is 15.0. The maximum Gasteiger partial charge on any atom is 0.255 e. The first-order chi connectivity index (χ1) is 9.38. The Morgan fingerprint density at radius 3 is 2.35 bits per heavy atom. The summed E-state index contributed by atoms with van der Waals surface area (Å²) in [6.45, 7) is 0. The molecule has 0 bridgehead atoms. The van der Waals surface area contributed by atoms with Crippen molar-refractivity contribution in [3.8, 4) is 5.75 Å². The topological polar surface area (TPSA) is 75.4 Å². The van der Waals surface area contributed by atoms with Crippen LogP contribution in [0, 0.1) is 0 Å². The first-order valence-corrected chi connectivity index (χ1v) is 6.98. The van der Waals surface area contributed by atoms with Gasteiger partial charge in [0.2, 0.25) is 0 Å². The molecular weight excluding hydrogens is 367 g/mol. The molecule has 2 aromatic carbocycles. The predicted molar refractivity (Wildman–Crippen MR) is 84.6 cm³/mol. The minimum Gasteiger partial charge on any atom is -0.505 e. The Balaban J connectivity index is 2.25. The maximum atomic E-state index is 12.1. The van der Waals surface area contributed by atoms with Gasteiger partial charge >= 0.3 is 0 Å². The highest BCUT2D eigenvalue weighted by Gasteiger charge is 2.11. The third-order valence-electron chi connectivity index (χ3n) is 2.54. The monoisotopic (exact) mass is 374 g/mol. The number of nitrogens with two attached hydrogens (primary N) is 1. The molecular formula is C13H9BrCl2N2O2. The molecule has 0 aliphatic rings. The highest BCUT2D eigenvalue weighted by atomic mass is 79.9. The number of carbonyl (C=O) groups excluding carboxylic acids is 1. The number of hydrogen-bond donors (Lipinski definition) is 3. The van der Waals surface area contributed by atoms with Crippen LogP contribution in [0.25, 0.3) is 0 Å². The molecule has 0 spiro atoms. The average Bonchev–Trinajstić information content (AvgIpc) is 2.39. The van der Waals surface area contributed by atoms with Crippen LogP contribution < -0.4 is 11.1 Å². The number of carbonyl (C=O) groups is 1. The Labute approximate surface area is 133 Å². The number of hydrogen-bond acceptors (Lipinski definition) is 3. The second kappa shape index (κ2) is 5.91. The van der Waals surface area contributed by atoms with E-state index >= 15 is 0 Å². The van der Waals surface area contributed by atoms with E-state index in [1.165, 1.54) is 12.1 Å². The SMILES string of the molecule is Nc1ccc(C(=O)Nc2cc(Cl)c(O)c(Cl)c2)cc1Br. The fourth-order valence-electron chi connectivity index (χ4n) is 1.51. The van der Waals surface area contributed by atoms with Gasteiger partial charge in [0.1, 0.15) is 0 Å². The summed E-state index contributed by atoms with van der Waals surface area (Å²) in [5.74, 6) is -0.565. The molecule has 0 aliphatic heterocycles. The number of benzene rings is 2. The molecule has 20 heavy (non-hydrogen) atoms. The normalized spacial score (nSPS) is 10.3. The van der Waals surface area contributed by atoms with Crippen LogP contribution in [0.2, 0.25) is 10.0 Å². The van der Waals surface area contributed by atoms with E-state index in [-0.39, 0.29) is 21.7 Å². The number of halogens is 3. The molecule has 2 aromatic rings. The number of aromatic hydroxyl groups is 1. The van der Waals surface area contributed by atoms with Gasteiger partial charge in [-0.25, -0.2) is 0 Å². The molecule has 4 nitrogen and oxygen atoms in total. The van der Waals surface area contributed by atoms with Crippen molar-refractivity contribution in [2.45, 2.75) is 0 Å². The number of phenols is 1. The summed E-state index contributed by atoms with van der Waals surface area (Å²) in [6.07, 6.45) is 0. The number of nitrogen functional groups attached to an aromatic ring is 1. The molecule has 1 amide bonds. The summed E-state index contributed by atoms with van der Waals surface area (Å²) in [7, 11) is 0. The Hall–Kier alpha value is -1.43. The first-order valence-electron chi connectivity index (χ1n) is 5.43. The van der Waals surface area contributed by atoms with Crippen molar-refractivity contribution in [3.63, 3.8) is 0 Å². The maximum absolute atomic E-state index is 12.1. The summed E-state index contributed by atoms with van der Waals surface area (Å²) in [4.78, 5) is 12.1. The van der Waals surface area contributed by atoms with Crippen LogP contribution in [0.1, 0.15) is 10.4 Å². The van der Waals surface area contributed by atoms with Crippen LogP contribution in [0.5, 0.6) is 5.75 Å². The minimum absolute atomic E-state index is 0.0614. The van der Waals surface area contributed by atoms with Crippen molar-refractivity contribution in [3.05, 3.63) is 50.4 Å². The summed E-state index contributed by atoms with van der Waals surface area (Å²) in [5, 5.41) is 12.2. The lowest BCUT2D eigenvalue weighted by Crippen LogP contribution is -2.12. The van der Waals surface area contributed by atoms with Gasteiger partial charge in [-0.1, -0.05) is 23.2 Å². The van der Waals surface area contributed by atoms with Crippen molar-refractivity contribution in [1.29, 1.82) is 0 Å². The van der Waals surface area contributed by atoms with Crippen molar-refractivity contribution in [1.82, 2.24) is 0 Å². The molecule has 0 fully saturated rings. The zero-order chi connectivity index (χ0) is 14.9. The van der Waals surface area contributed by atoms with Crippen LogP contribution in [0.3, 0.4) is 0 Å². The summed E-state index contributed by atoms with van der Waals surface area (Å²) < 4.78 is 0.631. The predicted octanol–water partition coefficient (Wildman–Crippen LogP) is 4.30. The number of rotatable bonds is 2. The van der Waals surface area contributed by atoms with E-state index in [2.05, 4.69) is 21.2 Å². The number of nitrogens with one attached hydrogen (secondary N) is 1. The van der Waals surface area contributed by atoms with Crippen LogP contribution in [0.4, 0.5) is 11.4 Å². The van der Waals surface area contributed by atoms with Gasteiger partial charge in [0.25, 0.3) is 5.91 Å². The van der Waals surface area contributed by atoms with Crippen LogP contribution in [-0.2, 0) is 0 Å². The van der Waals surface area contributed by atoms with Crippen LogP contribution in [-0.4, -0.2) is 11.0 Å². The summed E-state index contributed by atoms with van der Waals surface area (Å²) >= 11 is 14.8. The lowest BCUT2D eigenvalue weighted by atomic mass is 10.2. The second-order valence-electron chi connectivity index (χ2n) is 3.98. The molecule has 0 atom stereocenters. The van der Waals surface area contributed by atoms with Gasteiger partial charge in [-0.05, 0) is 46.3 Å². The van der Waals surface area contributed by atoms with Gasteiger partial charge < -0.3 is 16.2 Å². The molecule has 0 aliphatic carbocycles. The lowest BCUT2D eigenvalue weighted by Gasteiger charge is -2.08. The van der Waals surface area contributed by atoms with E-state index in [4.69, 9.17) is 28.9 Å². The minimum atomic E-state index is -0.344. The van der Waals surface area contributed by atoms with Crippen molar-refractivity contribution in [2.24, 2.45) is 0 Å². The molecule has 0 saturated carbocycles. The number of phenolic OH excluding ortho intramolecular Hbond substituents is 1. The summed E-state index contributed by atoms with van der Waals surface area (Å²) in [5.41, 5.74) is 7.00. The van der Waals surface area contributed by atoms with Gasteiger partial charge in [-0.3, -0.25) is 4.79 Å². The summed E-state index contributed by atoms with van der Waals surface area (Å²) in [6, 6.07) is 7.64. The molecule has 0 radical (unpaired) electrons. The van der Waals surface area contributed by atoms with Crippen molar-refractivity contribution < 1.29 is 9.90 Å². The Morgan fingerprint density at radius 2 is 1.80 bits per heavy atom. The molecule has 7 heteroatoms. The fourth-order valence-corrected chi connectivity index (χ4v) is 2.38. The zero-order valence-electron chi connectivity index (χ0n) is 9.95. The Morgan fingerprint density at radius 1 is 1.20 bits per heavy atom. The molecule has 4 N–H and O–H groups in total. The quantitative estimate of drug-likeness (QED) is 0.541. The van der Waals surface area contributed by atoms with E-state index in [1.54, 1.807) is 18.2 Å². The molecule has 2 rings (SSSR count). The number of amides is 1. The largest absolute Gasteiger partial charge is 0.505 e. The highest BCUT2D eigenvalue weighted by molar-refractivity contribution is 9.10. The van der Waals surface area contributed by atoms with E-state index in [0.29, 0.717) is 21.4 Å². The molecule has 0 saturated heterocycles. The third-order valence-corrected chi connectivity index (χ3v) is 3.80. The zero-order valence-corrected chi connectivity index (χ0v) is 13.1. The lowest BCUT2D eigenvalue weighted by molar-refractivity contribution is 0.102. The van der Waals surface area contributed by atoms with E-state index in [1.807, 2.05) is 0 Å². The molecule has 0 aromatic heterocycles. The van der Waals surface area contributed by atoms with Gasteiger partial charge in [0.15, 0.2) is 5.75 Å². The smallest absolute Gasteiger partial charge is 0.255 e. The van der Waals surface area contributed by atoms with Crippen LogP contribution in [0.15, 0.2) is 34.8 Å². The van der Waals surface area contributed by atoms with E-state index in [0.717, 1.165) is 0 Å². The van der Waals surface area contributed by atoms with Crippen molar-refractivity contribution >= 4 is 56.4 Å². The Kier molecular flexibility index (Phi) is 4.42. The second-order valence-corrected chi connectivity index (χ2v) is 5.65. The standard InChI is InChI=1S/C13H9BrCl2N2O2/c14-8-3-6(1-2-11(8)17)13(20)18-7-4-9(15)12(19)10(16)5-7/h1-5,19H,17H2,(H,18,20). The molecule has 0 heterocycles. The van der Waals surface area contributed by atoms with Gasteiger partial charge in [0.05, 0.1) is 10.0 Å². The molecule has 0 unspecified atom stereocenters. The van der Waals surface area contributed by atoms with Crippen molar-refractivity contribution in [2.75, 3.05) is 11.1 Å². The van der Waals surface area contributed by atoms with E-state index < -0.39 is 0 Å². The van der Waals surface area contributed by atoms with Gasteiger partial charge in [0, 0.05) is 21.4 Å². The highest BCUT2D eigenvalue weighted by Crippen LogP contribution is 2.34. The van der Waals surface area contributed by atoms with Gasteiger partial charge in [-0.2, -0.15) is 0 Å². The number of anilines is 2. The van der Waals surface area contributed by atoms with Gasteiger partial charge in [-0.15, -0.1) is 0 Å². The third kappa shape index (κ3) is 3.17. The molecule has 104 valence electrons. The Bertz CT molecular complexity index is 669. The van der Waals surface area contributed by atoms with E-state index in [9.17, 15) is 9.90 Å². The average molecular weight is 376 g/mol. The van der Waals surface area contributed by atoms with Crippen LogP contribution >= 0.6 is 39.1 Å². The fraction of sp³-hybridized carbons (Fsp3) is 0.